The lowest BCUT2D eigenvalue weighted by Crippen LogP contribution is -2.25. The topological polar surface area (TPSA) is 141 Å². The van der Waals surface area contributed by atoms with Crippen LogP contribution in [-0.4, -0.2) is 18.3 Å². The summed E-state index contributed by atoms with van der Waals surface area (Å²) in [4.78, 5) is 16.6. The molecule has 2 rings (SSSR count). The van der Waals surface area contributed by atoms with Gasteiger partial charge in [-0.3, -0.25) is 9.79 Å². The molecular weight excluding hydrogens is 376 g/mol. The van der Waals surface area contributed by atoms with Crippen molar-refractivity contribution in [2.45, 2.75) is 32.0 Å². The zero-order valence-corrected chi connectivity index (χ0v) is 16.7. The number of hydrogen-bond acceptors (Lipinski definition) is 6. The van der Waals surface area contributed by atoms with Crippen LogP contribution in [0.5, 0.6) is 0 Å². The van der Waals surface area contributed by atoms with Crippen LogP contribution >= 0.6 is 0 Å². The summed E-state index contributed by atoms with van der Waals surface area (Å²) in [7, 11) is 0. The molecular formula is C23H26N6O. The summed E-state index contributed by atoms with van der Waals surface area (Å²) in [5.74, 6) is -0.310. The number of rotatable bonds is 10. The highest BCUT2D eigenvalue weighted by atomic mass is 16.1. The minimum atomic E-state index is -0.310. The molecule has 7 heteroatoms. The molecule has 0 fully saturated rings. The number of nitrogens with one attached hydrogen (secondary N) is 2. The van der Waals surface area contributed by atoms with E-state index in [0.29, 0.717) is 25.9 Å². The van der Waals surface area contributed by atoms with E-state index >= 15 is 0 Å². The number of nitrogens with two attached hydrogens (primary N) is 2. The van der Waals surface area contributed by atoms with Crippen LogP contribution in [0.15, 0.2) is 65.3 Å². The SMILES string of the molecule is N#CCc1ccc(CN=C/C(=C\N)C(=O)NCc2ccc(C(N)CC=N)cc2)cc1. The Morgan fingerprint density at radius 3 is 2.37 bits per heavy atom. The van der Waals surface area contributed by atoms with Crippen LogP contribution in [0.1, 0.15) is 34.7 Å². The molecule has 1 atom stereocenters. The summed E-state index contributed by atoms with van der Waals surface area (Å²) in [5.41, 5.74) is 15.6. The van der Waals surface area contributed by atoms with Crippen LogP contribution in [0.25, 0.3) is 0 Å². The van der Waals surface area contributed by atoms with Gasteiger partial charge in [-0.1, -0.05) is 48.5 Å². The first-order valence-electron chi connectivity index (χ1n) is 9.55. The van der Waals surface area contributed by atoms with Gasteiger partial charge in [0, 0.05) is 31.4 Å². The molecule has 0 aliphatic carbocycles. The second kappa shape index (κ2) is 11.9. The van der Waals surface area contributed by atoms with Crippen molar-refractivity contribution in [2.24, 2.45) is 16.5 Å². The van der Waals surface area contributed by atoms with Crippen LogP contribution in [0.4, 0.5) is 0 Å². The standard InChI is InChI=1S/C23H26N6O/c24-11-9-17-1-3-18(4-2-17)14-28-16-21(13-26)23(30)29-15-19-5-7-20(8-6-19)22(27)10-12-25/h1-8,12-13,16,22,25H,9-10,14-15,26-27H2,(H,29,30)/b21-13+,25-12?,28-16?. The first-order valence-corrected chi connectivity index (χ1v) is 9.55. The van der Waals surface area contributed by atoms with Gasteiger partial charge < -0.3 is 22.2 Å². The third-order valence-corrected chi connectivity index (χ3v) is 4.48. The Kier molecular flexibility index (Phi) is 8.97. The Balaban J connectivity index is 1.86. The number of benzene rings is 2. The Hall–Kier alpha value is -3.76. The van der Waals surface area contributed by atoms with Gasteiger partial charge in [-0.2, -0.15) is 5.26 Å². The minimum absolute atomic E-state index is 0.198. The molecule has 0 aliphatic heterocycles. The summed E-state index contributed by atoms with van der Waals surface area (Å²) in [6, 6.07) is 17.1. The highest BCUT2D eigenvalue weighted by Gasteiger charge is 2.08. The summed E-state index contributed by atoms with van der Waals surface area (Å²) in [6.07, 6.45) is 4.85. The van der Waals surface area contributed by atoms with Crippen molar-refractivity contribution in [3.05, 3.63) is 82.6 Å². The van der Waals surface area contributed by atoms with Crippen molar-refractivity contribution in [3.63, 3.8) is 0 Å². The molecule has 30 heavy (non-hydrogen) atoms. The van der Waals surface area contributed by atoms with E-state index in [0.717, 1.165) is 22.3 Å². The maximum atomic E-state index is 12.3. The number of carbonyl (C=O) groups is 1. The summed E-state index contributed by atoms with van der Waals surface area (Å²) in [5, 5.41) is 18.6. The number of aliphatic imine (C=N–C) groups is 1. The quantitative estimate of drug-likeness (QED) is 0.358. The van der Waals surface area contributed by atoms with Crippen molar-refractivity contribution < 1.29 is 4.79 Å². The van der Waals surface area contributed by atoms with Gasteiger partial charge in [0.1, 0.15) is 0 Å². The maximum Gasteiger partial charge on any atom is 0.254 e. The van der Waals surface area contributed by atoms with Crippen LogP contribution in [-0.2, 0) is 24.3 Å². The zero-order valence-electron chi connectivity index (χ0n) is 16.7. The second-order valence-corrected chi connectivity index (χ2v) is 6.71. The molecule has 0 saturated heterocycles. The van der Waals surface area contributed by atoms with Gasteiger partial charge in [-0.25, -0.2) is 0 Å². The van der Waals surface area contributed by atoms with Gasteiger partial charge in [-0.15, -0.1) is 0 Å². The Morgan fingerprint density at radius 1 is 1.13 bits per heavy atom. The van der Waals surface area contributed by atoms with E-state index in [4.69, 9.17) is 22.1 Å². The molecule has 1 amide bonds. The van der Waals surface area contributed by atoms with E-state index in [2.05, 4.69) is 16.4 Å². The predicted octanol–water partition coefficient (Wildman–Crippen LogP) is 2.52. The van der Waals surface area contributed by atoms with Gasteiger partial charge in [-0.05, 0) is 28.5 Å². The van der Waals surface area contributed by atoms with Crippen LogP contribution in [0, 0.1) is 16.7 Å². The molecule has 1 unspecified atom stereocenters. The van der Waals surface area contributed by atoms with Gasteiger partial charge in [0.05, 0.1) is 24.6 Å². The Labute approximate surface area is 176 Å². The average Bonchev–Trinajstić information content (AvgIpc) is 2.77. The number of carbonyl (C=O) groups excluding carboxylic acids is 1. The highest BCUT2D eigenvalue weighted by Crippen LogP contribution is 2.14. The molecule has 6 N–H and O–H groups in total. The van der Waals surface area contributed by atoms with Crippen molar-refractivity contribution in [1.29, 1.82) is 10.7 Å². The molecule has 7 nitrogen and oxygen atoms in total. The summed E-state index contributed by atoms with van der Waals surface area (Å²) >= 11 is 0. The fourth-order valence-electron chi connectivity index (χ4n) is 2.71. The molecule has 0 aromatic heterocycles. The number of amides is 1. The van der Waals surface area contributed by atoms with Crippen molar-refractivity contribution >= 4 is 18.3 Å². The lowest BCUT2D eigenvalue weighted by molar-refractivity contribution is -0.117. The normalized spacial score (nSPS) is 12.3. The van der Waals surface area contributed by atoms with Crippen molar-refractivity contribution in [2.75, 3.05) is 0 Å². The van der Waals surface area contributed by atoms with Crippen LogP contribution < -0.4 is 16.8 Å². The fourth-order valence-corrected chi connectivity index (χ4v) is 2.71. The highest BCUT2D eigenvalue weighted by molar-refractivity contribution is 6.11. The van der Waals surface area contributed by atoms with Gasteiger partial charge in [0.2, 0.25) is 0 Å². The molecule has 0 bridgehead atoms. The van der Waals surface area contributed by atoms with E-state index in [1.165, 1.54) is 18.6 Å². The molecule has 154 valence electrons. The van der Waals surface area contributed by atoms with Crippen molar-refractivity contribution in [1.82, 2.24) is 5.32 Å². The third kappa shape index (κ3) is 7.00. The third-order valence-electron chi connectivity index (χ3n) is 4.48. The monoisotopic (exact) mass is 402 g/mol. The van der Waals surface area contributed by atoms with E-state index in [1.54, 1.807) is 0 Å². The van der Waals surface area contributed by atoms with Crippen LogP contribution in [0.3, 0.4) is 0 Å². The molecule has 0 spiro atoms. The largest absolute Gasteiger partial charge is 0.404 e. The predicted molar refractivity (Wildman–Crippen MR) is 119 cm³/mol. The molecule has 2 aromatic carbocycles. The van der Waals surface area contributed by atoms with E-state index in [9.17, 15) is 4.79 Å². The van der Waals surface area contributed by atoms with E-state index in [-0.39, 0.29) is 17.5 Å². The first-order chi connectivity index (χ1) is 14.6. The lowest BCUT2D eigenvalue weighted by atomic mass is 10.0. The molecule has 0 aliphatic rings. The zero-order chi connectivity index (χ0) is 21.8. The number of nitriles is 1. The van der Waals surface area contributed by atoms with E-state index in [1.807, 2.05) is 48.5 Å². The first kappa shape index (κ1) is 22.5. The van der Waals surface area contributed by atoms with E-state index < -0.39 is 0 Å². The van der Waals surface area contributed by atoms with Gasteiger partial charge >= 0.3 is 0 Å². The van der Waals surface area contributed by atoms with Crippen LogP contribution in [0.2, 0.25) is 0 Å². The molecule has 0 radical (unpaired) electrons. The van der Waals surface area contributed by atoms with Gasteiger partial charge in [0.15, 0.2) is 0 Å². The average molecular weight is 403 g/mol. The number of nitrogens with zero attached hydrogens (tertiary/aromatic N) is 2. The smallest absolute Gasteiger partial charge is 0.254 e. The minimum Gasteiger partial charge on any atom is -0.404 e. The summed E-state index contributed by atoms with van der Waals surface area (Å²) < 4.78 is 0. The number of hydrogen-bond donors (Lipinski definition) is 4. The Morgan fingerprint density at radius 2 is 1.77 bits per heavy atom. The molecule has 0 heterocycles. The second-order valence-electron chi connectivity index (χ2n) is 6.71. The van der Waals surface area contributed by atoms with Gasteiger partial charge in [0.25, 0.3) is 5.91 Å². The molecule has 0 saturated carbocycles. The Bertz CT molecular complexity index is 939. The summed E-state index contributed by atoms with van der Waals surface area (Å²) in [6.45, 7) is 0.763. The molecule has 2 aromatic rings. The fraction of sp³-hybridized carbons (Fsp3) is 0.217. The maximum absolute atomic E-state index is 12.3. The lowest BCUT2D eigenvalue weighted by Gasteiger charge is -2.10. The van der Waals surface area contributed by atoms with Crippen molar-refractivity contribution in [3.8, 4) is 6.07 Å².